The number of tetrazole rings is 1. The standard InChI is InChI=1S/C21H21N7OS/c1-14-12-29-13-15(2)27(14)21-22-11-17(19(23-21)18-9-6-10-30-18)20-24-25-26-28(20)16-7-4-3-5-8-16/h3-11,14-15H,12-13H2,1-2H3/t14-,15+. The smallest absolute Gasteiger partial charge is 0.226 e. The Morgan fingerprint density at radius 3 is 2.57 bits per heavy atom. The highest BCUT2D eigenvalue weighted by Gasteiger charge is 2.29. The van der Waals surface area contributed by atoms with Gasteiger partial charge in [-0.1, -0.05) is 24.3 Å². The van der Waals surface area contributed by atoms with Crippen molar-refractivity contribution >= 4 is 17.3 Å². The van der Waals surface area contributed by atoms with E-state index in [4.69, 9.17) is 14.7 Å². The summed E-state index contributed by atoms with van der Waals surface area (Å²) in [5.74, 6) is 1.31. The van der Waals surface area contributed by atoms with Crippen LogP contribution in [-0.2, 0) is 4.74 Å². The van der Waals surface area contributed by atoms with Gasteiger partial charge in [0.15, 0.2) is 5.82 Å². The van der Waals surface area contributed by atoms with Gasteiger partial charge in [0.25, 0.3) is 0 Å². The largest absolute Gasteiger partial charge is 0.377 e. The molecular formula is C21H21N7OS. The van der Waals surface area contributed by atoms with Gasteiger partial charge in [-0.25, -0.2) is 9.97 Å². The van der Waals surface area contributed by atoms with Crippen molar-refractivity contribution in [3.63, 3.8) is 0 Å². The van der Waals surface area contributed by atoms with Crippen molar-refractivity contribution in [3.8, 4) is 27.6 Å². The number of para-hydroxylation sites is 1. The minimum Gasteiger partial charge on any atom is -0.377 e. The lowest BCUT2D eigenvalue weighted by Crippen LogP contribution is -2.50. The molecule has 0 spiro atoms. The Kier molecular flexibility index (Phi) is 4.97. The summed E-state index contributed by atoms with van der Waals surface area (Å²) in [6, 6.07) is 14.3. The van der Waals surface area contributed by atoms with E-state index in [0.717, 1.165) is 21.8 Å². The number of benzene rings is 1. The number of aromatic nitrogens is 6. The Balaban J connectivity index is 1.65. The molecule has 1 aromatic carbocycles. The molecule has 152 valence electrons. The van der Waals surface area contributed by atoms with E-state index in [9.17, 15) is 0 Å². The Bertz CT molecular complexity index is 1120. The van der Waals surface area contributed by atoms with E-state index >= 15 is 0 Å². The van der Waals surface area contributed by atoms with Crippen LogP contribution in [0.4, 0.5) is 5.95 Å². The summed E-state index contributed by atoms with van der Waals surface area (Å²) >= 11 is 1.63. The highest BCUT2D eigenvalue weighted by molar-refractivity contribution is 7.13. The van der Waals surface area contributed by atoms with Crippen LogP contribution in [0.1, 0.15) is 13.8 Å². The zero-order valence-electron chi connectivity index (χ0n) is 16.7. The summed E-state index contributed by atoms with van der Waals surface area (Å²) in [4.78, 5) is 13.0. The molecule has 1 aliphatic rings. The third-order valence-corrected chi connectivity index (χ3v) is 6.02. The van der Waals surface area contributed by atoms with E-state index in [1.54, 1.807) is 16.0 Å². The first kappa shape index (κ1) is 18.8. The van der Waals surface area contributed by atoms with Crippen LogP contribution in [0, 0.1) is 0 Å². The second-order valence-electron chi connectivity index (χ2n) is 7.30. The van der Waals surface area contributed by atoms with Gasteiger partial charge in [-0.15, -0.1) is 16.4 Å². The number of morpholine rings is 1. The summed E-state index contributed by atoms with van der Waals surface area (Å²) in [6.45, 7) is 5.59. The zero-order valence-corrected chi connectivity index (χ0v) is 17.5. The zero-order chi connectivity index (χ0) is 20.5. The lowest BCUT2D eigenvalue weighted by atomic mass is 10.1. The van der Waals surface area contributed by atoms with Crippen molar-refractivity contribution in [2.45, 2.75) is 25.9 Å². The average Bonchev–Trinajstić information content (AvgIpc) is 3.46. The predicted molar refractivity (Wildman–Crippen MR) is 116 cm³/mol. The molecule has 0 aliphatic carbocycles. The van der Waals surface area contributed by atoms with Crippen molar-refractivity contribution in [3.05, 3.63) is 54.0 Å². The molecule has 9 heteroatoms. The van der Waals surface area contributed by atoms with E-state index in [2.05, 4.69) is 40.3 Å². The molecule has 2 atom stereocenters. The monoisotopic (exact) mass is 419 g/mol. The summed E-state index contributed by atoms with van der Waals surface area (Å²) in [5.41, 5.74) is 2.51. The van der Waals surface area contributed by atoms with Gasteiger partial charge in [0.1, 0.15) is 0 Å². The Labute approximate surface area is 178 Å². The van der Waals surface area contributed by atoms with Crippen molar-refractivity contribution in [1.82, 2.24) is 30.2 Å². The second kappa shape index (κ2) is 7.92. The molecule has 4 aromatic rings. The van der Waals surface area contributed by atoms with Gasteiger partial charge in [-0.05, 0) is 47.9 Å². The molecule has 0 unspecified atom stereocenters. The molecule has 30 heavy (non-hydrogen) atoms. The molecule has 4 heterocycles. The van der Waals surface area contributed by atoms with Crippen LogP contribution in [0.25, 0.3) is 27.6 Å². The van der Waals surface area contributed by atoms with E-state index in [0.29, 0.717) is 25.0 Å². The molecule has 0 radical (unpaired) electrons. The van der Waals surface area contributed by atoms with Crippen LogP contribution in [0.3, 0.4) is 0 Å². The van der Waals surface area contributed by atoms with Crippen LogP contribution in [0.15, 0.2) is 54.0 Å². The van der Waals surface area contributed by atoms with Crippen molar-refractivity contribution < 1.29 is 4.74 Å². The molecule has 1 fully saturated rings. The first-order valence-corrected chi connectivity index (χ1v) is 10.7. The van der Waals surface area contributed by atoms with Crippen LogP contribution >= 0.6 is 11.3 Å². The van der Waals surface area contributed by atoms with Crippen LogP contribution in [0.2, 0.25) is 0 Å². The Hall–Kier alpha value is -3.17. The van der Waals surface area contributed by atoms with Crippen molar-refractivity contribution in [2.75, 3.05) is 18.1 Å². The molecule has 1 saturated heterocycles. The van der Waals surface area contributed by atoms with Gasteiger partial charge >= 0.3 is 0 Å². The number of hydrogen-bond acceptors (Lipinski definition) is 8. The van der Waals surface area contributed by atoms with Crippen LogP contribution in [0.5, 0.6) is 0 Å². The highest BCUT2D eigenvalue weighted by atomic mass is 32.1. The average molecular weight is 420 g/mol. The van der Waals surface area contributed by atoms with Gasteiger partial charge < -0.3 is 9.64 Å². The van der Waals surface area contributed by atoms with E-state index in [-0.39, 0.29) is 12.1 Å². The molecule has 0 bridgehead atoms. The molecule has 8 nitrogen and oxygen atoms in total. The Morgan fingerprint density at radius 2 is 1.83 bits per heavy atom. The molecule has 0 N–H and O–H groups in total. The molecule has 1 aliphatic heterocycles. The minimum atomic E-state index is 0.199. The van der Waals surface area contributed by atoms with E-state index in [1.807, 2.05) is 48.0 Å². The SMILES string of the molecule is C[C@@H]1COC[C@H](C)N1c1ncc(-c2nnnn2-c2ccccc2)c(-c2cccs2)n1. The van der Waals surface area contributed by atoms with Gasteiger partial charge in [0.05, 0.1) is 47.1 Å². The summed E-state index contributed by atoms with van der Waals surface area (Å²) in [6.07, 6.45) is 1.83. The van der Waals surface area contributed by atoms with Crippen molar-refractivity contribution in [2.24, 2.45) is 0 Å². The number of hydrogen-bond donors (Lipinski definition) is 0. The van der Waals surface area contributed by atoms with Gasteiger partial charge in [0.2, 0.25) is 5.95 Å². The van der Waals surface area contributed by atoms with Crippen LogP contribution < -0.4 is 4.90 Å². The molecule has 0 amide bonds. The number of thiophene rings is 1. The fraction of sp³-hybridized carbons (Fsp3) is 0.286. The molecule has 0 saturated carbocycles. The number of nitrogens with zero attached hydrogens (tertiary/aromatic N) is 7. The topological polar surface area (TPSA) is 81.9 Å². The normalized spacial score (nSPS) is 19.2. The predicted octanol–water partition coefficient (Wildman–Crippen LogP) is 3.46. The summed E-state index contributed by atoms with van der Waals surface area (Å²) < 4.78 is 7.39. The van der Waals surface area contributed by atoms with Gasteiger partial charge in [-0.3, -0.25) is 0 Å². The summed E-state index contributed by atoms with van der Waals surface area (Å²) in [5, 5.41) is 14.5. The van der Waals surface area contributed by atoms with Gasteiger partial charge in [-0.2, -0.15) is 4.68 Å². The van der Waals surface area contributed by atoms with E-state index < -0.39 is 0 Å². The number of ether oxygens (including phenoxy) is 1. The number of anilines is 1. The molecule has 5 rings (SSSR count). The fourth-order valence-corrected chi connectivity index (χ4v) is 4.49. The minimum absolute atomic E-state index is 0.199. The third kappa shape index (κ3) is 3.35. The van der Waals surface area contributed by atoms with Crippen LogP contribution in [-0.4, -0.2) is 55.5 Å². The second-order valence-corrected chi connectivity index (χ2v) is 8.25. The first-order valence-electron chi connectivity index (χ1n) is 9.83. The third-order valence-electron chi connectivity index (χ3n) is 5.14. The molecule has 3 aromatic heterocycles. The lowest BCUT2D eigenvalue weighted by molar-refractivity contribution is 0.0747. The number of rotatable bonds is 4. The molecular weight excluding hydrogens is 398 g/mol. The first-order chi connectivity index (χ1) is 14.7. The summed E-state index contributed by atoms with van der Waals surface area (Å²) in [7, 11) is 0. The quantitative estimate of drug-likeness (QED) is 0.501. The maximum Gasteiger partial charge on any atom is 0.226 e. The highest BCUT2D eigenvalue weighted by Crippen LogP contribution is 2.34. The Morgan fingerprint density at radius 1 is 1.03 bits per heavy atom. The maximum absolute atomic E-state index is 5.67. The fourth-order valence-electron chi connectivity index (χ4n) is 3.76. The van der Waals surface area contributed by atoms with Crippen molar-refractivity contribution in [1.29, 1.82) is 0 Å². The van der Waals surface area contributed by atoms with Gasteiger partial charge in [0, 0.05) is 6.20 Å². The lowest BCUT2D eigenvalue weighted by Gasteiger charge is -2.38. The maximum atomic E-state index is 5.67. The van der Waals surface area contributed by atoms with E-state index in [1.165, 1.54) is 0 Å².